The molecule has 0 aliphatic carbocycles. The molecule has 1 aliphatic rings. The van der Waals surface area contributed by atoms with Crippen LogP contribution in [-0.4, -0.2) is 41.0 Å². The summed E-state index contributed by atoms with van der Waals surface area (Å²) in [6.07, 6.45) is 2.88. The molecule has 0 atom stereocenters. The standard InChI is InChI=1S/C12H26NP/c1-11(2,3)13-7-9-14(10-8-13)12(4,5)6/h7-10H2,1-6H3. The number of nitrogens with zero attached hydrogens (tertiary/aromatic N) is 1. The van der Waals surface area contributed by atoms with Crippen LogP contribution in [0, 0.1) is 0 Å². The molecule has 1 saturated heterocycles. The lowest BCUT2D eigenvalue weighted by molar-refractivity contribution is 0.151. The highest BCUT2D eigenvalue weighted by Gasteiger charge is 2.31. The van der Waals surface area contributed by atoms with E-state index < -0.39 is 0 Å². The summed E-state index contributed by atoms with van der Waals surface area (Å²) in [6.45, 7) is 16.8. The van der Waals surface area contributed by atoms with Gasteiger partial charge >= 0.3 is 0 Å². The fraction of sp³-hybridized carbons (Fsp3) is 1.00. The lowest BCUT2D eigenvalue weighted by Crippen LogP contribution is -2.47. The average Bonchev–Trinajstić information content (AvgIpc) is 2.01. The van der Waals surface area contributed by atoms with Crippen LogP contribution in [0.5, 0.6) is 0 Å². The molecule has 1 aliphatic heterocycles. The second-order valence-electron chi connectivity index (χ2n) is 6.32. The van der Waals surface area contributed by atoms with Crippen molar-refractivity contribution in [3.8, 4) is 0 Å². The molecule has 0 N–H and O–H groups in total. The van der Waals surface area contributed by atoms with Crippen molar-refractivity contribution in [2.75, 3.05) is 25.4 Å². The van der Waals surface area contributed by atoms with Crippen LogP contribution in [0.4, 0.5) is 0 Å². The van der Waals surface area contributed by atoms with E-state index in [1.807, 2.05) is 0 Å². The van der Waals surface area contributed by atoms with Crippen molar-refractivity contribution in [1.29, 1.82) is 0 Å². The minimum absolute atomic E-state index is 0.272. The Hall–Kier alpha value is 0.390. The van der Waals surface area contributed by atoms with Crippen LogP contribution < -0.4 is 0 Å². The first-order chi connectivity index (χ1) is 6.21. The van der Waals surface area contributed by atoms with Crippen molar-refractivity contribution in [2.24, 2.45) is 0 Å². The van der Waals surface area contributed by atoms with Crippen LogP contribution in [0.15, 0.2) is 0 Å². The summed E-state index contributed by atoms with van der Waals surface area (Å²) in [5.74, 6) is 0. The Bertz CT molecular complexity index is 157. The molecule has 0 bridgehead atoms. The predicted octanol–water partition coefficient (Wildman–Crippen LogP) is 3.38. The summed E-state index contributed by atoms with van der Waals surface area (Å²) in [5, 5.41) is 0.569. The Morgan fingerprint density at radius 2 is 1.29 bits per heavy atom. The molecular formula is C12H26NP. The summed E-state index contributed by atoms with van der Waals surface area (Å²) >= 11 is 0. The van der Waals surface area contributed by atoms with Gasteiger partial charge in [0.05, 0.1) is 0 Å². The first-order valence-electron chi connectivity index (χ1n) is 5.71. The van der Waals surface area contributed by atoms with Crippen LogP contribution in [0.1, 0.15) is 41.5 Å². The third-order valence-corrected chi connectivity index (χ3v) is 6.55. The molecule has 0 radical (unpaired) electrons. The summed E-state index contributed by atoms with van der Waals surface area (Å²) in [5.41, 5.74) is 0.374. The molecular weight excluding hydrogens is 189 g/mol. The van der Waals surface area contributed by atoms with Gasteiger partial charge in [-0.05, 0) is 38.3 Å². The Labute approximate surface area is 91.0 Å². The first-order valence-corrected chi connectivity index (χ1v) is 7.42. The van der Waals surface area contributed by atoms with Gasteiger partial charge in [-0.2, -0.15) is 0 Å². The van der Waals surface area contributed by atoms with E-state index in [0.717, 1.165) is 0 Å². The van der Waals surface area contributed by atoms with Crippen molar-refractivity contribution in [3.63, 3.8) is 0 Å². The van der Waals surface area contributed by atoms with Crippen molar-refractivity contribution < 1.29 is 0 Å². The maximum Gasteiger partial charge on any atom is 0.0125 e. The van der Waals surface area contributed by atoms with Crippen molar-refractivity contribution in [1.82, 2.24) is 4.90 Å². The molecule has 1 rings (SSSR count). The smallest absolute Gasteiger partial charge is 0.0125 e. The van der Waals surface area contributed by atoms with E-state index >= 15 is 0 Å². The quantitative estimate of drug-likeness (QED) is 0.560. The summed E-state index contributed by atoms with van der Waals surface area (Å²) in [4.78, 5) is 2.64. The topological polar surface area (TPSA) is 3.24 Å². The van der Waals surface area contributed by atoms with Gasteiger partial charge in [-0.1, -0.05) is 28.7 Å². The maximum atomic E-state index is 2.64. The largest absolute Gasteiger partial charge is 0.298 e. The van der Waals surface area contributed by atoms with Crippen LogP contribution in [0.2, 0.25) is 0 Å². The van der Waals surface area contributed by atoms with Gasteiger partial charge in [0.15, 0.2) is 0 Å². The Balaban J connectivity index is 2.47. The molecule has 0 spiro atoms. The Morgan fingerprint density at radius 3 is 1.57 bits per heavy atom. The predicted molar refractivity (Wildman–Crippen MR) is 67.7 cm³/mol. The molecule has 0 aromatic rings. The van der Waals surface area contributed by atoms with E-state index in [2.05, 4.69) is 46.4 Å². The molecule has 84 valence electrons. The van der Waals surface area contributed by atoms with Gasteiger partial charge in [-0.25, -0.2) is 0 Å². The molecule has 14 heavy (non-hydrogen) atoms. The maximum absolute atomic E-state index is 2.64. The zero-order valence-corrected chi connectivity index (χ0v) is 11.6. The fourth-order valence-electron chi connectivity index (χ4n) is 2.05. The summed E-state index contributed by atoms with van der Waals surface area (Å²) < 4.78 is 0. The average molecular weight is 215 g/mol. The van der Waals surface area contributed by atoms with E-state index in [1.165, 1.54) is 25.4 Å². The van der Waals surface area contributed by atoms with Crippen molar-refractivity contribution in [2.45, 2.75) is 52.2 Å². The van der Waals surface area contributed by atoms with Gasteiger partial charge < -0.3 is 0 Å². The fourth-order valence-corrected chi connectivity index (χ4v) is 4.58. The lowest BCUT2D eigenvalue weighted by Gasteiger charge is -2.44. The van der Waals surface area contributed by atoms with Gasteiger partial charge in [-0.15, -0.1) is 0 Å². The van der Waals surface area contributed by atoms with E-state index in [9.17, 15) is 0 Å². The minimum atomic E-state index is 0.272. The molecule has 1 fully saturated rings. The highest BCUT2D eigenvalue weighted by Crippen LogP contribution is 2.50. The monoisotopic (exact) mass is 215 g/mol. The lowest BCUT2D eigenvalue weighted by atomic mass is 10.1. The second-order valence-corrected chi connectivity index (χ2v) is 9.63. The van der Waals surface area contributed by atoms with Crippen LogP contribution in [0.25, 0.3) is 0 Å². The third-order valence-electron chi connectivity index (χ3n) is 3.18. The van der Waals surface area contributed by atoms with Gasteiger partial charge in [0.1, 0.15) is 0 Å². The van der Waals surface area contributed by atoms with Crippen LogP contribution in [0.3, 0.4) is 0 Å². The molecule has 0 aromatic carbocycles. The highest BCUT2D eigenvalue weighted by molar-refractivity contribution is 7.59. The van der Waals surface area contributed by atoms with E-state index in [1.54, 1.807) is 0 Å². The Kier molecular flexibility index (Phi) is 3.65. The van der Waals surface area contributed by atoms with Gasteiger partial charge in [-0.3, -0.25) is 4.90 Å². The molecule has 0 aromatic heterocycles. The number of rotatable bonds is 0. The van der Waals surface area contributed by atoms with E-state index in [-0.39, 0.29) is 7.92 Å². The normalized spacial score (nSPS) is 22.7. The number of hydrogen-bond donors (Lipinski definition) is 0. The van der Waals surface area contributed by atoms with E-state index in [4.69, 9.17) is 0 Å². The first kappa shape index (κ1) is 12.5. The zero-order valence-electron chi connectivity index (χ0n) is 10.7. The van der Waals surface area contributed by atoms with Crippen LogP contribution >= 0.6 is 7.92 Å². The molecule has 1 nitrogen and oxygen atoms in total. The SMILES string of the molecule is CC(C)(C)N1CCP(C(C)(C)C)CC1. The summed E-state index contributed by atoms with van der Waals surface area (Å²) in [6, 6.07) is 0. The van der Waals surface area contributed by atoms with E-state index in [0.29, 0.717) is 10.7 Å². The molecule has 0 amide bonds. The van der Waals surface area contributed by atoms with Crippen molar-refractivity contribution in [3.05, 3.63) is 0 Å². The van der Waals surface area contributed by atoms with Gasteiger partial charge in [0.25, 0.3) is 0 Å². The van der Waals surface area contributed by atoms with Gasteiger partial charge in [0, 0.05) is 18.6 Å². The second kappa shape index (κ2) is 4.10. The zero-order chi connectivity index (χ0) is 11.0. The molecule has 0 saturated carbocycles. The number of hydrogen-bond acceptors (Lipinski definition) is 1. The molecule has 2 heteroatoms. The van der Waals surface area contributed by atoms with Gasteiger partial charge in [0.2, 0.25) is 0 Å². The summed E-state index contributed by atoms with van der Waals surface area (Å²) in [7, 11) is 0.272. The molecule has 0 unspecified atom stereocenters. The Morgan fingerprint density at radius 1 is 0.857 bits per heavy atom. The third kappa shape index (κ3) is 3.21. The highest BCUT2D eigenvalue weighted by atomic mass is 31.1. The van der Waals surface area contributed by atoms with Crippen molar-refractivity contribution >= 4 is 7.92 Å². The molecule has 1 heterocycles. The van der Waals surface area contributed by atoms with Crippen LogP contribution in [-0.2, 0) is 0 Å². The minimum Gasteiger partial charge on any atom is -0.298 e.